The summed E-state index contributed by atoms with van der Waals surface area (Å²) in [4.78, 5) is 27.4. The van der Waals surface area contributed by atoms with E-state index in [1.54, 1.807) is 27.0 Å². The number of aryl methyl sites for hydroxylation is 2. The highest BCUT2D eigenvalue weighted by atomic mass is 19.4. The first-order chi connectivity index (χ1) is 20.6. The number of halogens is 3. The van der Waals surface area contributed by atoms with Crippen LogP contribution in [0.15, 0.2) is 71.1 Å². The normalized spacial score (nSPS) is 11.9. The van der Waals surface area contributed by atoms with E-state index in [0.717, 1.165) is 45.0 Å². The quantitative estimate of drug-likeness (QED) is 0.196. The van der Waals surface area contributed by atoms with Gasteiger partial charge in [0.25, 0.3) is 5.91 Å². The van der Waals surface area contributed by atoms with E-state index in [-0.39, 0.29) is 24.8 Å². The second-order valence-electron chi connectivity index (χ2n) is 11.6. The van der Waals surface area contributed by atoms with E-state index < -0.39 is 23.3 Å². The maximum absolute atomic E-state index is 14.1. The van der Waals surface area contributed by atoms with E-state index in [1.807, 2.05) is 69.3 Å². The zero-order valence-electron chi connectivity index (χ0n) is 25.6. The highest BCUT2D eigenvalue weighted by Gasteiger charge is 2.35. The van der Waals surface area contributed by atoms with Crippen LogP contribution in [0.3, 0.4) is 0 Å². The number of amides is 1. The van der Waals surface area contributed by atoms with Crippen LogP contribution in [-0.2, 0) is 40.8 Å². The Balaban J connectivity index is 1.69. The van der Waals surface area contributed by atoms with Crippen LogP contribution >= 0.6 is 0 Å². The molecule has 0 saturated carbocycles. The highest BCUT2D eigenvalue weighted by molar-refractivity contribution is 5.97. The first kappa shape index (κ1) is 32.5. The van der Waals surface area contributed by atoms with Crippen molar-refractivity contribution in [1.82, 2.24) is 4.90 Å². The zero-order valence-corrected chi connectivity index (χ0v) is 25.6. The third-order valence-corrected chi connectivity index (χ3v) is 7.99. The van der Waals surface area contributed by atoms with Gasteiger partial charge in [-0.15, -0.1) is 0 Å². The number of ether oxygens (including phenoxy) is 1. The number of carboxylic acids is 1. The fourth-order valence-electron chi connectivity index (χ4n) is 5.32. The monoisotopic (exact) mass is 607 g/mol. The summed E-state index contributed by atoms with van der Waals surface area (Å²) in [6.07, 6.45) is -4.64. The van der Waals surface area contributed by atoms with E-state index >= 15 is 0 Å². The van der Waals surface area contributed by atoms with Crippen LogP contribution < -0.4 is 0 Å². The van der Waals surface area contributed by atoms with Crippen LogP contribution in [0.2, 0.25) is 0 Å². The van der Waals surface area contributed by atoms with Crippen molar-refractivity contribution in [2.75, 3.05) is 7.11 Å². The number of hydrogen-bond donors (Lipinski definition) is 1. The Labute approximate surface area is 255 Å². The van der Waals surface area contributed by atoms with Gasteiger partial charge >= 0.3 is 12.1 Å². The van der Waals surface area contributed by atoms with Crippen molar-refractivity contribution in [2.24, 2.45) is 0 Å². The van der Waals surface area contributed by atoms with Crippen molar-refractivity contribution in [3.63, 3.8) is 0 Å². The van der Waals surface area contributed by atoms with Crippen molar-refractivity contribution in [1.29, 1.82) is 0 Å². The van der Waals surface area contributed by atoms with Gasteiger partial charge in [0.2, 0.25) is 5.76 Å². The number of benzene rings is 3. The molecule has 1 N–H and O–H groups in total. The molecule has 1 aromatic heterocycles. The lowest BCUT2D eigenvalue weighted by molar-refractivity contribution is -0.153. The van der Waals surface area contributed by atoms with Gasteiger partial charge in [-0.25, -0.2) is 0 Å². The summed E-state index contributed by atoms with van der Waals surface area (Å²) in [5.74, 6) is -2.38. The van der Waals surface area contributed by atoms with Gasteiger partial charge in [-0.2, -0.15) is 13.2 Å². The molecule has 4 rings (SSSR count). The fraction of sp³-hybridized carbons (Fsp3) is 0.314. The zero-order chi connectivity index (χ0) is 32.4. The Morgan fingerprint density at radius 2 is 1.57 bits per heavy atom. The molecule has 0 aliphatic heterocycles. The van der Waals surface area contributed by atoms with Crippen LogP contribution in [0.1, 0.15) is 69.1 Å². The van der Waals surface area contributed by atoms with Gasteiger partial charge in [0, 0.05) is 19.2 Å². The van der Waals surface area contributed by atoms with Gasteiger partial charge in [0.15, 0.2) is 0 Å². The van der Waals surface area contributed by atoms with Crippen LogP contribution in [0.4, 0.5) is 13.2 Å². The lowest BCUT2D eigenvalue weighted by atomic mass is 9.83. The second kappa shape index (κ2) is 12.7. The van der Waals surface area contributed by atoms with Crippen molar-refractivity contribution in [3.05, 3.63) is 117 Å². The summed E-state index contributed by atoms with van der Waals surface area (Å²) in [5.41, 5.74) is 5.90. The van der Waals surface area contributed by atoms with E-state index in [1.165, 1.54) is 11.0 Å². The van der Waals surface area contributed by atoms with Crippen LogP contribution in [0.25, 0.3) is 11.1 Å². The molecule has 0 saturated heterocycles. The number of rotatable bonds is 10. The fourth-order valence-corrected chi connectivity index (χ4v) is 5.32. The molecule has 0 unspecified atom stereocenters. The summed E-state index contributed by atoms with van der Waals surface area (Å²) in [6.45, 7) is 9.19. The lowest BCUT2D eigenvalue weighted by Gasteiger charge is -2.25. The number of hydrogen-bond acceptors (Lipinski definition) is 4. The van der Waals surface area contributed by atoms with E-state index in [0.29, 0.717) is 17.7 Å². The van der Waals surface area contributed by atoms with E-state index in [2.05, 4.69) is 0 Å². The summed E-state index contributed by atoms with van der Waals surface area (Å²) in [5, 5.41) is 9.64. The number of carbonyl (C=O) groups is 2. The van der Waals surface area contributed by atoms with Crippen molar-refractivity contribution in [2.45, 2.75) is 65.9 Å². The number of furan rings is 1. The molecule has 0 bridgehead atoms. The first-order valence-corrected chi connectivity index (χ1v) is 14.1. The number of alkyl halides is 3. The summed E-state index contributed by atoms with van der Waals surface area (Å²) < 4.78 is 50.2. The Morgan fingerprint density at radius 1 is 0.886 bits per heavy atom. The predicted molar refractivity (Wildman–Crippen MR) is 161 cm³/mol. The Hall–Kier alpha value is -4.37. The highest BCUT2D eigenvalue weighted by Crippen LogP contribution is 2.32. The molecule has 4 aromatic rings. The Bertz CT molecular complexity index is 1670. The molecule has 1 amide bonds. The molecular weight excluding hydrogens is 571 g/mol. The van der Waals surface area contributed by atoms with Crippen LogP contribution in [0, 0.1) is 20.8 Å². The van der Waals surface area contributed by atoms with Gasteiger partial charge in [-0.05, 0) is 91.3 Å². The van der Waals surface area contributed by atoms with Gasteiger partial charge in [-0.1, -0.05) is 54.6 Å². The number of carboxylic acid groups (broad SMARTS) is 1. The molecule has 0 aliphatic rings. The van der Waals surface area contributed by atoms with Gasteiger partial charge in [0.1, 0.15) is 5.76 Å². The molecule has 0 radical (unpaired) electrons. The largest absolute Gasteiger partial charge is 0.481 e. The third-order valence-electron chi connectivity index (χ3n) is 7.99. The van der Waals surface area contributed by atoms with E-state index in [9.17, 15) is 27.9 Å². The average molecular weight is 608 g/mol. The second-order valence-corrected chi connectivity index (χ2v) is 11.6. The molecule has 9 heteroatoms. The molecule has 6 nitrogen and oxygen atoms in total. The topological polar surface area (TPSA) is 80.0 Å². The van der Waals surface area contributed by atoms with Crippen molar-refractivity contribution >= 4 is 11.9 Å². The van der Waals surface area contributed by atoms with Crippen molar-refractivity contribution in [3.8, 4) is 11.1 Å². The number of carbonyl (C=O) groups excluding carboxylic acids is 1. The minimum absolute atomic E-state index is 0.0136. The molecule has 1 heterocycles. The summed E-state index contributed by atoms with van der Waals surface area (Å²) in [6, 6.07) is 18.8. The number of methoxy groups -OCH3 is 1. The molecule has 3 aromatic carbocycles. The number of aliphatic carboxylic acids is 1. The van der Waals surface area contributed by atoms with Crippen LogP contribution in [0.5, 0.6) is 0 Å². The maximum atomic E-state index is 14.1. The van der Waals surface area contributed by atoms with Gasteiger partial charge in [-0.3, -0.25) is 9.59 Å². The summed E-state index contributed by atoms with van der Waals surface area (Å²) >= 11 is 0. The standard InChI is InChI=1S/C35H36F3NO5/c1-21-16-22(2)31(23(3)29(21)20-43-6)32(40)39(19-28-14-15-30(44-28)35(36,37)38)18-24-10-12-25(13-11-24)26-8-7-9-27(17-26)34(4,5)33(41)42/h7-17H,18-20H2,1-6H3,(H,41,42). The third kappa shape index (κ3) is 6.89. The molecule has 0 atom stereocenters. The molecule has 0 aliphatic carbocycles. The SMILES string of the molecule is COCc1c(C)cc(C)c(C(=O)N(Cc2ccc(-c3cccc(C(C)(C)C(=O)O)c3)cc2)Cc2ccc(C(F)(F)F)o2)c1C. The minimum Gasteiger partial charge on any atom is -0.481 e. The molecule has 0 fully saturated rings. The Kier molecular flexibility index (Phi) is 9.39. The van der Waals surface area contributed by atoms with Gasteiger partial charge < -0.3 is 19.2 Å². The molecule has 0 spiro atoms. The minimum atomic E-state index is -4.64. The molecule has 232 valence electrons. The first-order valence-electron chi connectivity index (χ1n) is 14.1. The summed E-state index contributed by atoms with van der Waals surface area (Å²) in [7, 11) is 1.58. The van der Waals surface area contributed by atoms with E-state index in [4.69, 9.17) is 9.15 Å². The predicted octanol–water partition coefficient (Wildman–Crippen LogP) is 8.24. The van der Waals surface area contributed by atoms with Gasteiger partial charge in [0.05, 0.1) is 18.6 Å². The average Bonchev–Trinajstić information content (AvgIpc) is 3.44. The molecule has 44 heavy (non-hydrogen) atoms. The lowest BCUT2D eigenvalue weighted by Crippen LogP contribution is -2.31. The molecular formula is C35H36F3NO5. The maximum Gasteiger partial charge on any atom is 0.449 e. The smallest absolute Gasteiger partial charge is 0.449 e. The number of nitrogens with zero attached hydrogens (tertiary/aromatic N) is 1. The van der Waals surface area contributed by atoms with Crippen molar-refractivity contribution < 1.29 is 37.0 Å². The van der Waals surface area contributed by atoms with Crippen LogP contribution in [-0.4, -0.2) is 29.0 Å². The Morgan fingerprint density at radius 3 is 2.16 bits per heavy atom.